The fourth-order valence-electron chi connectivity index (χ4n) is 4.51. The first-order chi connectivity index (χ1) is 14.1. The van der Waals surface area contributed by atoms with E-state index in [0.717, 1.165) is 55.0 Å². The van der Waals surface area contributed by atoms with Gasteiger partial charge in [-0.1, -0.05) is 35.9 Å². The van der Waals surface area contributed by atoms with Crippen molar-refractivity contribution in [3.05, 3.63) is 76.9 Å². The molecule has 0 atom stereocenters. The van der Waals surface area contributed by atoms with Crippen molar-refractivity contribution < 1.29 is 9.53 Å². The molecule has 3 aromatic rings. The molecule has 0 aromatic heterocycles. The van der Waals surface area contributed by atoms with Crippen LogP contribution in [0.1, 0.15) is 27.0 Å². The van der Waals surface area contributed by atoms with Crippen LogP contribution in [-0.2, 0) is 11.2 Å². The molecule has 146 valence electrons. The van der Waals surface area contributed by atoms with Crippen molar-refractivity contribution in [2.75, 3.05) is 31.2 Å². The Hall–Kier alpha value is -3.11. The van der Waals surface area contributed by atoms with Crippen LogP contribution in [0.25, 0.3) is 22.3 Å². The molecule has 1 fully saturated rings. The molecule has 1 saturated heterocycles. The lowest BCUT2D eigenvalue weighted by Crippen LogP contribution is -2.36. The van der Waals surface area contributed by atoms with Crippen molar-refractivity contribution in [3.63, 3.8) is 0 Å². The summed E-state index contributed by atoms with van der Waals surface area (Å²) in [6.07, 6.45) is 0.745. The van der Waals surface area contributed by atoms with E-state index in [-0.39, 0.29) is 5.91 Å². The number of aryl methyl sites for hydroxylation is 1. The minimum absolute atomic E-state index is 0.364. The molecule has 3 aromatic carbocycles. The zero-order valence-electron chi connectivity index (χ0n) is 16.6. The molecule has 4 nitrogen and oxygen atoms in total. The van der Waals surface area contributed by atoms with Gasteiger partial charge in [0.2, 0.25) is 5.91 Å². The third kappa shape index (κ3) is 3.19. The van der Waals surface area contributed by atoms with Crippen LogP contribution in [0.5, 0.6) is 0 Å². The van der Waals surface area contributed by atoms with Gasteiger partial charge in [-0.3, -0.25) is 4.79 Å². The molecule has 0 saturated carbocycles. The summed E-state index contributed by atoms with van der Waals surface area (Å²) in [4.78, 5) is 14.6. The summed E-state index contributed by atoms with van der Waals surface area (Å²) in [5.74, 6) is -0.364. The van der Waals surface area contributed by atoms with Crippen LogP contribution in [0.2, 0.25) is 0 Å². The molecule has 4 heteroatoms. The van der Waals surface area contributed by atoms with Gasteiger partial charge in [0.1, 0.15) is 0 Å². The minimum atomic E-state index is -0.364. The molecule has 2 aliphatic rings. The van der Waals surface area contributed by atoms with Gasteiger partial charge in [-0.2, -0.15) is 0 Å². The van der Waals surface area contributed by atoms with E-state index in [2.05, 4.69) is 54.3 Å². The Labute approximate surface area is 170 Å². The van der Waals surface area contributed by atoms with Gasteiger partial charge in [0.15, 0.2) is 0 Å². The molecule has 0 unspecified atom stereocenters. The van der Waals surface area contributed by atoms with Crippen LogP contribution in [0.4, 0.5) is 5.69 Å². The van der Waals surface area contributed by atoms with Gasteiger partial charge in [0.25, 0.3) is 0 Å². The summed E-state index contributed by atoms with van der Waals surface area (Å²) in [6, 6.07) is 19.1. The Morgan fingerprint density at radius 1 is 0.966 bits per heavy atom. The number of morpholine rings is 1. The average molecular weight is 384 g/mol. The fourth-order valence-corrected chi connectivity index (χ4v) is 4.51. The number of ether oxygens (including phenoxy) is 1. The van der Waals surface area contributed by atoms with Crippen molar-refractivity contribution in [3.8, 4) is 22.3 Å². The molecule has 1 heterocycles. The quantitative estimate of drug-likeness (QED) is 0.577. The number of nitrogens with two attached hydrogens (primary N) is 1. The molecule has 1 aliphatic carbocycles. The Morgan fingerprint density at radius 2 is 1.79 bits per heavy atom. The first kappa shape index (κ1) is 18.0. The van der Waals surface area contributed by atoms with Crippen molar-refractivity contribution in [1.82, 2.24) is 0 Å². The van der Waals surface area contributed by atoms with Gasteiger partial charge in [-0.15, -0.1) is 0 Å². The van der Waals surface area contributed by atoms with E-state index < -0.39 is 0 Å². The van der Waals surface area contributed by atoms with E-state index in [0.29, 0.717) is 5.56 Å². The van der Waals surface area contributed by atoms with Gasteiger partial charge in [0, 0.05) is 24.3 Å². The zero-order valence-corrected chi connectivity index (χ0v) is 16.6. The lowest BCUT2D eigenvalue weighted by atomic mass is 9.93. The zero-order chi connectivity index (χ0) is 20.0. The molecule has 2 N–H and O–H groups in total. The SMILES string of the molecule is Cc1cccc(-c2cc(C(N)=O)c3c(c2)-c2ccc(N4CCOCC4)cc2C3)c1. The van der Waals surface area contributed by atoms with Gasteiger partial charge in [-0.05, 0) is 71.0 Å². The van der Waals surface area contributed by atoms with Crippen LogP contribution in [0.15, 0.2) is 54.6 Å². The predicted octanol–water partition coefficient (Wildman–Crippen LogP) is 4.17. The van der Waals surface area contributed by atoms with Gasteiger partial charge < -0.3 is 15.4 Å². The summed E-state index contributed by atoms with van der Waals surface area (Å²) in [7, 11) is 0. The van der Waals surface area contributed by atoms with E-state index >= 15 is 0 Å². The highest BCUT2D eigenvalue weighted by Gasteiger charge is 2.25. The van der Waals surface area contributed by atoms with E-state index in [1.54, 1.807) is 0 Å². The second kappa shape index (κ2) is 7.05. The lowest BCUT2D eigenvalue weighted by molar-refractivity contribution is 0.0999. The molecule has 0 bridgehead atoms. The number of benzene rings is 3. The fraction of sp³-hybridized carbons (Fsp3) is 0.240. The maximum atomic E-state index is 12.3. The second-order valence-corrected chi connectivity index (χ2v) is 7.90. The van der Waals surface area contributed by atoms with Crippen LogP contribution < -0.4 is 10.6 Å². The van der Waals surface area contributed by atoms with E-state index in [9.17, 15) is 4.79 Å². The molecule has 0 spiro atoms. The van der Waals surface area contributed by atoms with Gasteiger partial charge in [0.05, 0.1) is 13.2 Å². The van der Waals surface area contributed by atoms with E-state index in [1.165, 1.54) is 22.4 Å². The monoisotopic (exact) mass is 384 g/mol. The Bertz CT molecular complexity index is 1110. The van der Waals surface area contributed by atoms with Crippen LogP contribution in [0.3, 0.4) is 0 Å². The topological polar surface area (TPSA) is 55.6 Å². The van der Waals surface area contributed by atoms with Crippen molar-refractivity contribution in [2.45, 2.75) is 13.3 Å². The van der Waals surface area contributed by atoms with Crippen LogP contribution >= 0.6 is 0 Å². The predicted molar refractivity (Wildman–Crippen MR) is 116 cm³/mol. The number of hydrogen-bond acceptors (Lipinski definition) is 3. The Balaban J connectivity index is 1.61. The number of amides is 1. The standard InChI is InChI=1S/C25H24N2O2/c1-16-3-2-4-17(11-16)18-13-22-21-6-5-20(27-7-9-29-10-8-27)12-19(21)15-23(22)24(14-18)25(26)28/h2-6,11-14H,7-10,15H2,1H3,(H2,26,28). The molecule has 1 amide bonds. The summed E-state index contributed by atoms with van der Waals surface area (Å²) >= 11 is 0. The van der Waals surface area contributed by atoms with E-state index in [1.807, 2.05) is 12.1 Å². The molecular weight excluding hydrogens is 360 g/mol. The molecule has 0 radical (unpaired) electrons. The third-order valence-corrected chi connectivity index (χ3v) is 5.99. The summed E-state index contributed by atoms with van der Waals surface area (Å²) in [5, 5.41) is 0. The number of hydrogen-bond donors (Lipinski definition) is 1. The number of rotatable bonds is 3. The Kier molecular flexibility index (Phi) is 4.36. The summed E-state index contributed by atoms with van der Waals surface area (Å²) in [6.45, 7) is 5.44. The highest BCUT2D eigenvalue weighted by Crippen LogP contribution is 2.42. The van der Waals surface area contributed by atoms with Gasteiger partial charge >= 0.3 is 0 Å². The number of carbonyl (C=O) groups is 1. The highest BCUT2D eigenvalue weighted by molar-refractivity contribution is 6.00. The lowest BCUT2D eigenvalue weighted by Gasteiger charge is -2.29. The summed E-state index contributed by atoms with van der Waals surface area (Å²) in [5.41, 5.74) is 15.6. The Morgan fingerprint density at radius 3 is 2.55 bits per heavy atom. The number of fused-ring (bicyclic) bond motifs is 3. The van der Waals surface area contributed by atoms with Crippen LogP contribution in [0, 0.1) is 6.92 Å². The molecule has 5 rings (SSSR count). The summed E-state index contributed by atoms with van der Waals surface area (Å²) < 4.78 is 5.48. The van der Waals surface area contributed by atoms with Crippen molar-refractivity contribution >= 4 is 11.6 Å². The van der Waals surface area contributed by atoms with Crippen molar-refractivity contribution in [2.24, 2.45) is 5.73 Å². The van der Waals surface area contributed by atoms with Crippen molar-refractivity contribution in [1.29, 1.82) is 0 Å². The minimum Gasteiger partial charge on any atom is -0.378 e. The van der Waals surface area contributed by atoms with Gasteiger partial charge in [-0.25, -0.2) is 0 Å². The largest absolute Gasteiger partial charge is 0.378 e. The average Bonchev–Trinajstić information content (AvgIpc) is 3.11. The van der Waals surface area contributed by atoms with E-state index in [4.69, 9.17) is 10.5 Å². The molecule has 1 aliphatic heterocycles. The number of primary amides is 1. The number of carbonyl (C=O) groups excluding carboxylic acids is 1. The highest BCUT2D eigenvalue weighted by atomic mass is 16.5. The maximum Gasteiger partial charge on any atom is 0.249 e. The molecular formula is C25H24N2O2. The number of anilines is 1. The molecule has 29 heavy (non-hydrogen) atoms. The second-order valence-electron chi connectivity index (χ2n) is 7.90. The number of nitrogens with zero attached hydrogens (tertiary/aromatic N) is 1. The van der Waals surface area contributed by atoms with Crippen LogP contribution in [-0.4, -0.2) is 32.2 Å². The first-order valence-electron chi connectivity index (χ1n) is 10.1. The maximum absolute atomic E-state index is 12.3. The first-order valence-corrected chi connectivity index (χ1v) is 10.1. The smallest absolute Gasteiger partial charge is 0.249 e. The normalized spacial score (nSPS) is 15.1. The third-order valence-electron chi connectivity index (χ3n) is 5.99.